The van der Waals surface area contributed by atoms with Crippen molar-refractivity contribution in [1.29, 1.82) is 0 Å². The Morgan fingerprint density at radius 2 is 1.93 bits per heavy atom. The van der Waals surface area contributed by atoms with Crippen LogP contribution >= 0.6 is 11.8 Å². The second-order valence-electron chi connectivity index (χ2n) is 7.51. The molecular formula is C22H28N2O4S. The summed E-state index contributed by atoms with van der Waals surface area (Å²) < 4.78 is 11.1. The van der Waals surface area contributed by atoms with Crippen LogP contribution in [-0.2, 0) is 14.3 Å². The molecule has 156 valence electrons. The van der Waals surface area contributed by atoms with Crippen LogP contribution < -0.4 is 4.74 Å². The maximum Gasteiger partial charge on any atom is 0.338 e. The summed E-state index contributed by atoms with van der Waals surface area (Å²) in [5.74, 6) is 0.534. The molecule has 0 radical (unpaired) electrons. The second-order valence-corrected chi connectivity index (χ2v) is 8.68. The van der Waals surface area contributed by atoms with Crippen molar-refractivity contribution in [3.05, 3.63) is 41.1 Å². The summed E-state index contributed by atoms with van der Waals surface area (Å²) in [6, 6.07) is 6.98. The summed E-state index contributed by atoms with van der Waals surface area (Å²) in [6.07, 6.45) is 0.710. The molecule has 0 spiro atoms. The average molecular weight is 417 g/mol. The van der Waals surface area contributed by atoms with Crippen LogP contribution in [0.1, 0.15) is 52.6 Å². The number of fused-ring (bicyclic) bond motifs is 1. The van der Waals surface area contributed by atoms with Crippen LogP contribution in [0.3, 0.4) is 0 Å². The third kappa shape index (κ3) is 4.34. The number of hydrogen-bond donors (Lipinski definition) is 0. The number of hydrogen-bond acceptors (Lipinski definition) is 6. The highest BCUT2D eigenvalue weighted by Crippen LogP contribution is 2.44. The van der Waals surface area contributed by atoms with Gasteiger partial charge >= 0.3 is 5.97 Å². The van der Waals surface area contributed by atoms with Gasteiger partial charge in [0, 0.05) is 0 Å². The van der Waals surface area contributed by atoms with Gasteiger partial charge < -0.3 is 9.47 Å². The predicted molar refractivity (Wildman–Crippen MR) is 115 cm³/mol. The van der Waals surface area contributed by atoms with E-state index in [1.807, 2.05) is 58.9 Å². The Labute approximate surface area is 176 Å². The van der Waals surface area contributed by atoms with E-state index in [2.05, 4.69) is 4.99 Å². The molecule has 1 aromatic carbocycles. The molecule has 2 unspecified atom stereocenters. The number of esters is 1. The van der Waals surface area contributed by atoms with Gasteiger partial charge in [-0.1, -0.05) is 44.7 Å². The van der Waals surface area contributed by atoms with Crippen LogP contribution in [0.15, 0.2) is 40.5 Å². The number of carbonyl (C=O) groups is 2. The SMILES string of the molecule is CCOc1ccc(C2C(C(=O)OCC(C)C)=C(C)N=C3SC(CC)C(=O)N32)cc1. The Bertz CT molecular complexity index is 845. The number of aliphatic imine (C=N–C) groups is 1. The van der Waals surface area contributed by atoms with E-state index in [9.17, 15) is 9.59 Å². The van der Waals surface area contributed by atoms with E-state index in [1.54, 1.807) is 4.90 Å². The molecule has 0 N–H and O–H groups in total. The van der Waals surface area contributed by atoms with E-state index in [4.69, 9.17) is 9.47 Å². The van der Waals surface area contributed by atoms with Crippen molar-refractivity contribution >= 4 is 28.8 Å². The Balaban J connectivity index is 2.03. The Hall–Kier alpha value is -2.28. The largest absolute Gasteiger partial charge is 0.494 e. The number of benzene rings is 1. The molecule has 2 aliphatic rings. The lowest BCUT2D eigenvalue weighted by molar-refractivity contribution is -0.141. The number of carbonyl (C=O) groups excluding carboxylic acids is 2. The van der Waals surface area contributed by atoms with Gasteiger partial charge in [-0.3, -0.25) is 9.69 Å². The first-order chi connectivity index (χ1) is 13.9. The smallest absolute Gasteiger partial charge is 0.338 e. The van der Waals surface area contributed by atoms with Crippen LogP contribution in [0.25, 0.3) is 0 Å². The summed E-state index contributed by atoms with van der Waals surface area (Å²) >= 11 is 1.46. The second kappa shape index (κ2) is 9.03. The van der Waals surface area contributed by atoms with Crippen molar-refractivity contribution in [3.8, 4) is 5.75 Å². The third-order valence-corrected chi connectivity index (χ3v) is 6.11. The van der Waals surface area contributed by atoms with Gasteiger partial charge in [-0.25, -0.2) is 9.79 Å². The van der Waals surface area contributed by atoms with Crippen molar-refractivity contribution in [2.45, 2.75) is 52.3 Å². The summed E-state index contributed by atoms with van der Waals surface area (Å²) in [6.45, 7) is 10.6. The first-order valence-electron chi connectivity index (χ1n) is 10.1. The molecule has 0 bridgehead atoms. The number of allylic oxidation sites excluding steroid dienone is 1. The Morgan fingerprint density at radius 3 is 2.52 bits per heavy atom. The zero-order valence-electron chi connectivity index (χ0n) is 17.6. The summed E-state index contributed by atoms with van der Waals surface area (Å²) in [5.41, 5.74) is 1.85. The number of rotatable bonds is 7. The van der Waals surface area contributed by atoms with Gasteiger partial charge in [0.15, 0.2) is 5.17 Å². The number of nitrogens with zero attached hydrogens (tertiary/aromatic N) is 2. The molecule has 7 heteroatoms. The van der Waals surface area contributed by atoms with E-state index in [0.29, 0.717) is 36.1 Å². The first kappa shape index (κ1) is 21.4. The zero-order chi connectivity index (χ0) is 21.1. The normalized spacial score (nSPS) is 21.4. The molecule has 2 heterocycles. The fourth-order valence-electron chi connectivity index (χ4n) is 3.40. The van der Waals surface area contributed by atoms with E-state index >= 15 is 0 Å². The highest BCUT2D eigenvalue weighted by atomic mass is 32.2. The lowest BCUT2D eigenvalue weighted by atomic mass is 9.94. The molecule has 0 aromatic heterocycles. The topological polar surface area (TPSA) is 68.2 Å². The lowest BCUT2D eigenvalue weighted by Gasteiger charge is -2.33. The molecule has 2 aliphatic heterocycles. The molecule has 1 amide bonds. The lowest BCUT2D eigenvalue weighted by Crippen LogP contribution is -2.40. The van der Waals surface area contributed by atoms with E-state index in [0.717, 1.165) is 11.3 Å². The van der Waals surface area contributed by atoms with Gasteiger partial charge in [0.25, 0.3) is 0 Å². The molecule has 29 heavy (non-hydrogen) atoms. The number of amides is 1. The van der Waals surface area contributed by atoms with E-state index in [1.165, 1.54) is 11.8 Å². The number of ether oxygens (including phenoxy) is 2. The van der Waals surface area contributed by atoms with Crippen molar-refractivity contribution in [2.24, 2.45) is 10.9 Å². The van der Waals surface area contributed by atoms with Crippen molar-refractivity contribution < 1.29 is 19.1 Å². The fourth-order valence-corrected chi connectivity index (χ4v) is 4.53. The molecule has 6 nitrogen and oxygen atoms in total. The minimum atomic E-state index is -0.547. The van der Waals surface area contributed by atoms with Crippen LogP contribution in [0.5, 0.6) is 5.75 Å². The highest BCUT2D eigenvalue weighted by molar-refractivity contribution is 8.15. The molecule has 2 atom stereocenters. The van der Waals surface area contributed by atoms with Crippen LogP contribution in [-0.4, -0.2) is 40.4 Å². The summed E-state index contributed by atoms with van der Waals surface area (Å²) in [5, 5.41) is 0.469. The molecular weight excluding hydrogens is 388 g/mol. The predicted octanol–water partition coefficient (Wildman–Crippen LogP) is 4.32. The molecule has 1 saturated heterocycles. The van der Waals surface area contributed by atoms with Crippen LogP contribution in [0, 0.1) is 5.92 Å². The van der Waals surface area contributed by atoms with Crippen LogP contribution in [0.2, 0.25) is 0 Å². The van der Waals surface area contributed by atoms with Crippen molar-refractivity contribution in [3.63, 3.8) is 0 Å². The molecule has 0 aliphatic carbocycles. The van der Waals surface area contributed by atoms with Gasteiger partial charge in [0.1, 0.15) is 5.75 Å². The van der Waals surface area contributed by atoms with Crippen LogP contribution in [0.4, 0.5) is 0 Å². The molecule has 1 fully saturated rings. The highest BCUT2D eigenvalue weighted by Gasteiger charge is 2.47. The average Bonchev–Trinajstić information content (AvgIpc) is 3.01. The van der Waals surface area contributed by atoms with Gasteiger partial charge in [-0.2, -0.15) is 0 Å². The number of amidine groups is 1. The maximum atomic E-state index is 13.1. The fraction of sp³-hybridized carbons (Fsp3) is 0.500. The maximum absolute atomic E-state index is 13.1. The Morgan fingerprint density at radius 1 is 1.24 bits per heavy atom. The van der Waals surface area contributed by atoms with Gasteiger partial charge in [-0.05, 0) is 43.9 Å². The summed E-state index contributed by atoms with van der Waals surface area (Å²) in [7, 11) is 0. The van der Waals surface area contributed by atoms with Crippen molar-refractivity contribution in [2.75, 3.05) is 13.2 Å². The third-order valence-electron chi connectivity index (χ3n) is 4.80. The van der Waals surface area contributed by atoms with Gasteiger partial charge in [-0.15, -0.1) is 0 Å². The number of thioether (sulfide) groups is 1. The molecule has 1 aromatic rings. The van der Waals surface area contributed by atoms with Gasteiger partial charge in [0.2, 0.25) is 5.91 Å². The Kier molecular flexibility index (Phi) is 6.67. The van der Waals surface area contributed by atoms with Crippen molar-refractivity contribution in [1.82, 2.24) is 4.90 Å². The van der Waals surface area contributed by atoms with E-state index in [-0.39, 0.29) is 17.1 Å². The standard InChI is InChI=1S/C22H28N2O4S/c1-6-17-20(25)24-19(15-8-10-16(11-9-15)27-7-2)18(14(5)23-22(24)29-17)21(26)28-12-13(3)4/h8-11,13,17,19H,6-7,12H2,1-5H3. The zero-order valence-corrected chi connectivity index (χ0v) is 18.4. The molecule has 3 rings (SSSR count). The molecule has 0 saturated carbocycles. The minimum absolute atomic E-state index is 0.0169. The quantitative estimate of drug-likeness (QED) is 0.619. The van der Waals surface area contributed by atoms with E-state index < -0.39 is 12.0 Å². The monoisotopic (exact) mass is 416 g/mol. The minimum Gasteiger partial charge on any atom is -0.494 e. The first-order valence-corrected chi connectivity index (χ1v) is 10.9. The summed E-state index contributed by atoms with van der Waals surface area (Å²) in [4.78, 5) is 32.3. The van der Waals surface area contributed by atoms with Gasteiger partial charge in [0.05, 0.1) is 35.8 Å².